The van der Waals surface area contributed by atoms with E-state index in [1.54, 1.807) is 0 Å². The van der Waals surface area contributed by atoms with E-state index in [2.05, 4.69) is 11.7 Å². The van der Waals surface area contributed by atoms with Crippen molar-refractivity contribution in [3.8, 4) is 0 Å². The van der Waals surface area contributed by atoms with E-state index in [1.165, 1.54) is 52.1 Å². The van der Waals surface area contributed by atoms with Gasteiger partial charge in [0, 0.05) is 6.42 Å². The molecule has 0 rings (SSSR count). The zero-order valence-electron chi connectivity index (χ0n) is 15.3. The number of carbonyl (C=O) groups excluding carboxylic acids is 1. The highest BCUT2D eigenvalue weighted by atomic mass is 16.5. The molecule has 0 saturated heterocycles. The van der Waals surface area contributed by atoms with Crippen LogP contribution < -0.4 is 0 Å². The lowest BCUT2D eigenvalue weighted by molar-refractivity contribution is -0.140. The lowest BCUT2D eigenvalue weighted by Crippen LogP contribution is -2.25. The molecule has 0 aliphatic carbocycles. The Bertz CT molecular complexity index is 268. The predicted molar refractivity (Wildman–Crippen MR) is 94.3 cm³/mol. The van der Waals surface area contributed by atoms with E-state index < -0.39 is 12.2 Å². The Morgan fingerprint density at radius 1 is 0.783 bits per heavy atom. The average molecular weight is 331 g/mol. The van der Waals surface area contributed by atoms with Gasteiger partial charge in [-0.25, -0.2) is 0 Å². The molecule has 4 nitrogen and oxygen atoms in total. The fourth-order valence-corrected chi connectivity index (χ4v) is 2.77. The van der Waals surface area contributed by atoms with Crippen molar-refractivity contribution in [1.29, 1.82) is 0 Å². The van der Waals surface area contributed by atoms with Gasteiger partial charge in [0.15, 0.2) is 0 Å². The van der Waals surface area contributed by atoms with Crippen LogP contribution in [0.1, 0.15) is 96.8 Å². The maximum atomic E-state index is 11.0. The lowest BCUT2D eigenvalue weighted by Gasteiger charge is -2.17. The van der Waals surface area contributed by atoms with Crippen LogP contribution in [0.5, 0.6) is 0 Å². The smallest absolute Gasteiger partial charge is 0.305 e. The fourth-order valence-electron chi connectivity index (χ4n) is 2.77. The number of aliphatic hydroxyl groups excluding tert-OH is 2. The van der Waals surface area contributed by atoms with E-state index in [1.807, 2.05) is 0 Å². The standard InChI is InChI=1S/C19H38O4/c1-3-4-5-6-7-8-9-10-11-14-17(20)18(21)15-12-13-16-19(22)23-2/h17-18,20-21H,3-16H2,1-2H3. The van der Waals surface area contributed by atoms with Gasteiger partial charge in [0.25, 0.3) is 0 Å². The third kappa shape index (κ3) is 14.7. The summed E-state index contributed by atoms with van der Waals surface area (Å²) in [6.45, 7) is 2.23. The van der Waals surface area contributed by atoms with Gasteiger partial charge in [-0.3, -0.25) is 4.79 Å². The summed E-state index contributed by atoms with van der Waals surface area (Å²) in [5.74, 6) is -0.213. The minimum atomic E-state index is -0.665. The molecule has 0 aromatic carbocycles. The Morgan fingerprint density at radius 3 is 1.70 bits per heavy atom. The number of methoxy groups -OCH3 is 1. The molecular weight excluding hydrogens is 292 g/mol. The second-order valence-electron chi connectivity index (χ2n) is 6.57. The first kappa shape index (κ1) is 22.4. The zero-order valence-corrected chi connectivity index (χ0v) is 15.3. The van der Waals surface area contributed by atoms with E-state index in [9.17, 15) is 15.0 Å². The van der Waals surface area contributed by atoms with Crippen LogP contribution in [0.3, 0.4) is 0 Å². The molecule has 138 valence electrons. The highest BCUT2D eigenvalue weighted by Gasteiger charge is 2.15. The molecule has 0 aromatic rings. The molecule has 0 radical (unpaired) electrons. The van der Waals surface area contributed by atoms with Gasteiger partial charge in [-0.15, -0.1) is 0 Å². The maximum absolute atomic E-state index is 11.0. The van der Waals surface area contributed by atoms with Gasteiger partial charge in [-0.2, -0.15) is 0 Å². The number of ether oxygens (including phenoxy) is 1. The summed E-state index contributed by atoms with van der Waals surface area (Å²) in [7, 11) is 1.38. The molecule has 2 unspecified atom stereocenters. The van der Waals surface area contributed by atoms with Crippen LogP contribution >= 0.6 is 0 Å². The van der Waals surface area contributed by atoms with Gasteiger partial charge in [0.05, 0.1) is 19.3 Å². The van der Waals surface area contributed by atoms with E-state index in [-0.39, 0.29) is 5.97 Å². The van der Waals surface area contributed by atoms with Gasteiger partial charge < -0.3 is 14.9 Å². The van der Waals surface area contributed by atoms with Crippen molar-refractivity contribution >= 4 is 5.97 Å². The van der Waals surface area contributed by atoms with Gasteiger partial charge in [0.2, 0.25) is 0 Å². The summed E-state index contributed by atoms with van der Waals surface area (Å²) in [5.41, 5.74) is 0. The summed E-state index contributed by atoms with van der Waals surface area (Å²) in [5, 5.41) is 19.8. The van der Waals surface area contributed by atoms with Crippen molar-refractivity contribution in [2.75, 3.05) is 7.11 Å². The van der Waals surface area contributed by atoms with Crippen LogP contribution in [0.15, 0.2) is 0 Å². The Kier molecular flexibility index (Phi) is 15.8. The van der Waals surface area contributed by atoms with Gasteiger partial charge in [0.1, 0.15) is 0 Å². The molecule has 4 heteroatoms. The quantitative estimate of drug-likeness (QED) is 0.326. The summed E-state index contributed by atoms with van der Waals surface area (Å²) >= 11 is 0. The fraction of sp³-hybridized carbons (Fsp3) is 0.947. The molecule has 2 N–H and O–H groups in total. The molecule has 0 aromatic heterocycles. The first-order chi connectivity index (χ1) is 11.1. The minimum Gasteiger partial charge on any atom is -0.469 e. The molecule has 0 aliphatic heterocycles. The van der Waals surface area contributed by atoms with Crippen LogP contribution in [-0.2, 0) is 9.53 Å². The van der Waals surface area contributed by atoms with Gasteiger partial charge in [-0.1, -0.05) is 71.1 Å². The molecule has 0 aliphatic rings. The number of rotatable bonds is 16. The average Bonchev–Trinajstić information content (AvgIpc) is 2.56. The predicted octanol–water partition coefficient (Wildman–Crippen LogP) is 4.36. The van der Waals surface area contributed by atoms with Crippen LogP contribution in [0, 0.1) is 0 Å². The Morgan fingerprint density at radius 2 is 1.22 bits per heavy atom. The Hall–Kier alpha value is -0.610. The summed E-state index contributed by atoms with van der Waals surface area (Å²) in [6, 6.07) is 0. The normalized spacial score (nSPS) is 13.7. The van der Waals surface area contributed by atoms with Crippen LogP contribution in [0.25, 0.3) is 0 Å². The Labute approximate surface area is 142 Å². The molecule has 0 spiro atoms. The molecule has 23 heavy (non-hydrogen) atoms. The van der Waals surface area contributed by atoms with Crippen LogP contribution in [0.4, 0.5) is 0 Å². The molecule has 0 saturated carbocycles. The van der Waals surface area contributed by atoms with Crippen molar-refractivity contribution < 1.29 is 19.7 Å². The van der Waals surface area contributed by atoms with Gasteiger partial charge >= 0.3 is 5.97 Å². The topological polar surface area (TPSA) is 66.8 Å². The summed E-state index contributed by atoms with van der Waals surface area (Å²) in [6.07, 6.45) is 13.1. The first-order valence-electron chi connectivity index (χ1n) is 9.54. The number of hydrogen-bond acceptors (Lipinski definition) is 4. The highest BCUT2D eigenvalue weighted by Crippen LogP contribution is 2.15. The maximum Gasteiger partial charge on any atom is 0.305 e. The van der Waals surface area contributed by atoms with Crippen molar-refractivity contribution in [3.63, 3.8) is 0 Å². The monoisotopic (exact) mass is 330 g/mol. The second-order valence-corrected chi connectivity index (χ2v) is 6.57. The molecule has 0 heterocycles. The summed E-state index contributed by atoms with van der Waals surface area (Å²) < 4.78 is 4.57. The third-order valence-corrected chi connectivity index (χ3v) is 4.41. The van der Waals surface area contributed by atoms with E-state index in [4.69, 9.17) is 0 Å². The van der Waals surface area contributed by atoms with Crippen molar-refractivity contribution in [2.45, 2.75) is 109 Å². The number of aliphatic hydroxyl groups is 2. The largest absolute Gasteiger partial charge is 0.469 e. The van der Waals surface area contributed by atoms with Gasteiger partial charge in [-0.05, 0) is 19.3 Å². The summed E-state index contributed by atoms with van der Waals surface area (Å²) in [4.78, 5) is 11.0. The van der Waals surface area contributed by atoms with E-state index >= 15 is 0 Å². The van der Waals surface area contributed by atoms with E-state index in [0.29, 0.717) is 25.7 Å². The molecular formula is C19H38O4. The Balaban J connectivity index is 3.40. The van der Waals surface area contributed by atoms with Crippen molar-refractivity contribution in [1.82, 2.24) is 0 Å². The van der Waals surface area contributed by atoms with Crippen molar-refractivity contribution in [3.05, 3.63) is 0 Å². The van der Waals surface area contributed by atoms with Crippen molar-refractivity contribution in [2.24, 2.45) is 0 Å². The highest BCUT2D eigenvalue weighted by molar-refractivity contribution is 5.68. The zero-order chi connectivity index (χ0) is 17.3. The first-order valence-corrected chi connectivity index (χ1v) is 9.54. The molecule has 0 fully saturated rings. The third-order valence-electron chi connectivity index (χ3n) is 4.41. The molecule has 2 atom stereocenters. The SMILES string of the molecule is CCCCCCCCCCCC(O)C(O)CCCCC(=O)OC. The number of unbranched alkanes of at least 4 members (excludes halogenated alkanes) is 9. The van der Waals surface area contributed by atoms with Crippen LogP contribution in [0.2, 0.25) is 0 Å². The number of hydrogen-bond donors (Lipinski definition) is 2. The second kappa shape index (κ2) is 16.3. The molecule has 0 bridgehead atoms. The lowest BCUT2D eigenvalue weighted by atomic mass is 10.00. The van der Waals surface area contributed by atoms with E-state index in [0.717, 1.165) is 19.3 Å². The molecule has 0 amide bonds. The number of esters is 1. The minimum absolute atomic E-state index is 0.213. The van der Waals surface area contributed by atoms with Crippen LogP contribution in [-0.4, -0.2) is 35.5 Å². The number of carbonyl (C=O) groups is 1.